The SMILES string of the molecule is CC#N.ClC(Cl)Cl. The van der Waals surface area contributed by atoms with Crippen molar-refractivity contribution in [3.63, 3.8) is 0 Å². The molecule has 0 bridgehead atoms. The summed E-state index contributed by atoms with van der Waals surface area (Å²) in [6.45, 7) is 1.43. The summed E-state index contributed by atoms with van der Waals surface area (Å²) in [4.78, 5) is 0. The molecule has 0 unspecified atom stereocenters. The van der Waals surface area contributed by atoms with Crippen molar-refractivity contribution in [2.75, 3.05) is 0 Å². The molecule has 0 aliphatic carbocycles. The Bertz CT molecular complexity index is 52.9. The molecule has 0 rings (SSSR count). The van der Waals surface area contributed by atoms with Crippen LogP contribution in [0.15, 0.2) is 0 Å². The van der Waals surface area contributed by atoms with Crippen LogP contribution in [0.4, 0.5) is 0 Å². The molecular weight excluding hydrogens is 156 g/mol. The van der Waals surface area contributed by atoms with Gasteiger partial charge in [0.15, 0.2) is 4.30 Å². The van der Waals surface area contributed by atoms with E-state index in [1.54, 1.807) is 6.07 Å². The van der Waals surface area contributed by atoms with Crippen molar-refractivity contribution in [1.82, 2.24) is 0 Å². The quantitative estimate of drug-likeness (QED) is 0.500. The van der Waals surface area contributed by atoms with Gasteiger partial charge in [0, 0.05) is 6.92 Å². The van der Waals surface area contributed by atoms with Crippen LogP contribution in [0.3, 0.4) is 0 Å². The highest BCUT2D eigenvalue weighted by Gasteiger charge is 1.78. The number of hydrogen-bond donors (Lipinski definition) is 0. The van der Waals surface area contributed by atoms with Crippen LogP contribution in [0, 0.1) is 11.3 Å². The van der Waals surface area contributed by atoms with E-state index in [1.165, 1.54) is 6.92 Å². The lowest BCUT2D eigenvalue weighted by Crippen LogP contribution is -1.55. The van der Waals surface area contributed by atoms with Crippen molar-refractivity contribution in [3.8, 4) is 6.07 Å². The monoisotopic (exact) mass is 159 g/mol. The molecule has 4 heteroatoms. The molecule has 0 N–H and O–H groups in total. The summed E-state index contributed by atoms with van der Waals surface area (Å²) >= 11 is 14.4. The lowest BCUT2D eigenvalue weighted by Gasteiger charge is -1.69. The van der Waals surface area contributed by atoms with Crippen LogP contribution >= 0.6 is 34.8 Å². The maximum absolute atomic E-state index is 7.32. The third-order valence-electron chi connectivity index (χ3n) is 0. The minimum atomic E-state index is -0.750. The van der Waals surface area contributed by atoms with E-state index in [-0.39, 0.29) is 0 Å². The highest BCUT2D eigenvalue weighted by Crippen LogP contribution is 2.03. The Labute approximate surface area is 57.8 Å². The summed E-state index contributed by atoms with van der Waals surface area (Å²) in [7, 11) is 0. The van der Waals surface area contributed by atoms with Crippen LogP contribution in [0.25, 0.3) is 0 Å². The zero-order valence-electron chi connectivity index (χ0n) is 3.66. The lowest BCUT2D eigenvalue weighted by atomic mass is 11.0. The van der Waals surface area contributed by atoms with Gasteiger partial charge in [0.1, 0.15) is 0 Å². The molecule has 0 saturated heterocycles. The number of nitrogens with zero attached hydrogens (tertiary/aromatic N) is 1. The smallest absolute Gasteiger partial charge is 0.180 e. The zero-order valence-corrected chi connectivity index (χ0v) is 5.93. The van der Waals surface area contributed by atoms with Gasteiger partial charge in [-0.05, 0) is 0 Å². The Morgan fingerprint density at radius 1 is 1.43 bits per heavy atom. The molecule has 0 aromatic rings. The van der Waals surface area contributed by atoms with Crippen molar-refractivity contribution in [2.24, 2.45) is 0 Å². The fourth-order valence-electron chi connectivity index (χ4n) is 0. The minimum absolute atomic E-state index is 0.750. The first-order valence-corrected chi connectivity index (χ1v) is 2.69. The molecule has 1 nitrogen and oxygen atoms in total. The van der Waals surface area contributed by atoms with Gasteiger partial charge >= 0.3 is 0 Å². The second-order valence-electron chi connectivity index (χ2n) is 0.471. The molecule has 0 fully saturated rings. The fraction of sp³-hybridized carbons (Fsp3) is 0.667. The first-order chi connectivity index (χ1) is 3.15. The van der Waals surface area contributed by atoms with Gasteiger partial charge in [-0.15, -0.1) is 0 Å². The van der Waals surface area contributed by atoms with Crippen molar-refractivity contribution >= 4 is 34.8 Å². The Kier molecular flexibility index (Phi) is 14.2. The van der Waals surface area contributed by atoms with E-state index >= 15 is 0 Å². The molecule has 7 heavy (non-hydrogen) atoms. The van der Waals surface area contributed by atoms with E-state index in [0.29, 0.717) is 0 Å². The average molecular weight is 160 g/mol. The second-order valence-corrected chi connectivity index (χ2v) is 2.45. The third kappa shape index (κ3) is 933. The molecule has 0 heterocycles. The summed E-state index contributed by atoms with van der Waals surface area (Å²) in [5, 5.41) is 7.32. The lowest BCUT2D eigenvalue weighted by molar-refractivity contribution is 1.49. The molecule has 0 aromatic heterocycles. The van der Waals surface area contributed by atoms with Gasteiger partial charge < -0.3 is 0 Å². The Morgan fingerprint density at radius 3 is 1.43 bits per heavy atom. The summed E-state index contributed by atoms with van der Waals surface area (Å²) in [5.74, 6) is 0. The third-order valence-corrected chi connectivity index (χ3v) is 0. The zero-order chi connectivity index (χ0) is 6.28. The standard InChI is InChI=1S/C2H3N.CHCl3/c1-2-3;2-1(3)4/h1H3;1H. The van der Waals surface area contributed by atoms with Gasteiger partial charge in [0.05, 0.1) is 6.07 Å². The minimum Gasteiger partial charge on any atom is -0.199 e. The van der Waals surface area contributed by atoms with Gasteiger partial charge in [0.25, 0.3) is 0 Å². The van der Waals surface area contributed by atoms with Crippen molar-refractivity contribution < 1.29 is 0 Å². The number of rotatable bonds is 0. The van der Waals surface area contributed by atoms with Gasteiger partial charge in [-0.1, -0.05) is 34.8 Å². The summed E-state index contributed by atoms with van der Waals surface area (Å²) in [6.07, 6.45) is 0. The van der Waals surface area contributed by atoms with E-state index < -0.39 is 4.30 Å². The van der Waals surface area contributed by atoms with E-state index in [1.807, 2.05) is 0 Å². The van der Waals surface area contributed by atoms with Crippen molar-refractivity contribution in [3.05, 3.63) is 0 Å². The largest absolute Gasteiger partial charge is 0.199 e. The van der Waals surface area contributed by atoms with Gasteiger partial charge in [-0.25, -0.2) is 0 Å². The predicted octanol–water partition coefficient (Wildman–Crippen LogP) is 2.52. The Balaban J connectivity index is 0. The van der Waals surface area contributed by atoms with Crippen LogP contribution in [-0.2, 0) is 0 Å². The summed E-state index contributed by atoms with van der Waals surface area (Å²) in [6, 6.07) is 1.75. The van der Waals surface area contributed by atoms with Crippen molar-refractivity contribution in [2.45, 2.75) is 11.2 Å². The van der Waals surface area contributed by atoms with E-state index in [0.717, 1.165) is 0 Å². The second kappa shape index (κ2) is 9.61. The van der Waals surface area contributed by atoms with Gasteiger partial charge in [-0.2, -0.15) is 5.26 Å². The number of alkyl halides is 3. The number of halogens is 3. The van der Waals surface area contributed by atoms with Gasteiger partial charge in [-0.3, -0.25) is 0 Å². The number of hydrogen-bond acceptors (Lipinski definition) is 1. The highest BCUT2D eigenvalue weighted by atomic mass is 35.6. The molecule has 0 saturated carbocycles. The van der Waals surface area contributed by atoms with Crippen LogP contribution in [-0.4, -0.2) is 4.30 Å². The van der Waals surface area contributed by atoms with E-state index in [9.17, 15) is 0 Å². The molecule has 0 spiro atoms. The maximum Gasteiger partial charge on any atom is 0.180 e. The molecule has 0 amide bonds. The maximum atomic E-state index is 7.32. The highest BCUT2D eigenvalue weighted by molar-refractivity contribution is 6.63. The first-order valence-electron chi connectivity index (χ1n) is 1.38. The Hall–Kier alpha value is 0.360. The van der Waals surface area contributed by atoms with Crippen LogP contribution in [0.5, 0.6) is 0 Å². The summed E-state index contributed by atoms with van der Waals surface area (Å²) < 4.78 is -0.750. The molecule has 0 aliphatic heterocycles. The molecule has 0 aromatic carbocycles. The summed E-state index contributed by atoms with van der Waals surface area (Å²) in [5.41, 5.74) is 0. The average Bonchev–Trinajstić information content (AvgIpc) is 1.33. The Morgan fingerprint density at radius 2 is 1.43 bits per heavy atom. The van der Waals surface area contributed by atoms with Crippen LogP contribution < -0.4 is 0 Å². The molecule has 0 atom stereocenters. The topological polar surface area (TPSA) is 23.8 Å². The van der Waals surface area contributed by atoms with Gasteiger partial charge in [0.2, 0.25) is 0 Å². The van der Waals surface area contributed by atoms with Crippen LogP contribution in [0.2, 0.25) is 0 Å². The molecule has 42 valence electrons. The normalized spacial score (nSPS) is 6.29. The molecule has 0 radical (unpaired) electrons. The number of nitriles is 1. The van der Waals surface area contributed by atoms with E-state index in [4.69, 9.17) is 40.1 Å². The van der Waals surface area contributed by atoms with Crippen molar-refractivity contribution in [1.29, 1.82) is 5.26 Å². The van der Waals surface area contributed by atoms with E-state index in [2.05, 4.69) is 0 Å². The van der Waals surface area contributed by atoms with Crippen LogP contribution in [0.1, 0.15) is 6.92 Å². The molecular formula is C3H4Cl3N. The fourth-order valence-corrected chi connectivity index (χ4v) is 0. The molecule has 0 aliphatic rings. The first kappa shape index (κ1) is 10.4. The predicted molar refractivity (Wildman–Crippen MR) is 32.6 cm³/mol.